The van der Waals surface area contributed by atoms with Crippen molar-refractivity contribution in [1.82, 2.24) is 20.9 Å². The van der Waals surface area contributed by atoms with Gasteiger partial charge in [0.05, 0.1) is 23.8 Å². The number of pyridine rings is 1. The number of carbonyl (C=O) groups is 3. The van der Waals surface area contributed by atoms with Crippen LogP contribution in [0.5, 0.6) is 0 Å². The number of benzene rings is 1. The van der Waals surface area contributed by atoms with Gasteiger partial charge in [-0.3, -0.25) is 9.59 Å². The largest absolute Gasteiger partial charge is 0.463 e. The van der Waals surface area contributed by atoms with Gasteiger partial charge in [-0.1, -0.05) is 42.8 Å². The van der Waals surface area contributed by atoms with Gasteiger partial charge >= 0.3 is 12.0 Å². The second-order valence-corrected chi connectivity index (χ2v) is 11.1. The molecule has 3 N–H and O–H groups in total. The highest BCUT2D eigenvalue weighted by atomic mass is 79.9. The number of rotatable bonds is 11. The van der Waals surface area contributed by atoms with Crippen molar-refractivity contribution in [3.05, 3.63) is 70.0 Å². The lowest BCUT2D eigenvalue weighted by Crippen LogP contribution is -2.36. The van der Waals surface area contributed by atoms with Crippen LogP contribution in [-0.2, 0) is 14.3 Å². The van der Waals surface area contributed by atoms with Crippen LogP contribution in [0.3, 0.4) is 0 Å². The maximum atomic E-state index is 12.9. The highest BCUT2D eigenvalue weighted by Gasteiger charge is 2.42. The first-order valence-electron chi connectivity index (χ1n) is 12.4. The predicted molar refractivity (Wildman–Crippen MR) is 148 cm³/mol. The molecule has 0 aliphatic carbocycles. The molecular weight excluding hydrogens is 570 g/mol. The zero-order chi connectivity index (χ0) is 26.9. The number of urea groups is 1. The molecule has 2 fully saturated rings. The average Bonchev–Trinajstić information content (AvgIpc) is 3.47. The van der Waals surface area contributed by atoms with E-state index in [0.717, 1.165) is 24.2 Å². The molecule has 2 aromatic rings. The van der Waals surface area contributed by atoms with Gasteiger partial charge in [-0.15, -0.1) is 0 Å². The second kappa shape index (κ2) is 13.4. The van der Waals surface area contributed by atoms with Crippen LogP contribution >= 0.6 is 27.7 Å². The third-order valence-electron chi connectivity index (χ3n) is 6.37. The van der Waals surface area contributed by atoms with Crippen molar-refractivity contribution in [2.45, 2.75) is 49.1 Å². The van der Waals surface area contributed by atoms with E-state index in [4.69, 9.17) is 4.74 Å². The molecule has 3 heterocycles. The van der Waals surface area contributed by atoms with E-state index in [9.17, 15) is 19.6 Å². The van der Waals surface area contributed by atoms with Gasteiger partial charge in [0.2, 0.25) is 0 Å². The topological polar surface area (TPSA) is 133 Å². The quantitative estimate of drug-likeness (QED) is 0.0893. The highest BCUT2D eigenvalue weighted by Crippen LogP contribution is 2.33. The summed E-state index contributed by atoms with van der Waals surface area (Å²) >= 11 is 5.13. The summed E-state index contributed by atoms with van der Waals surface area (Å²) < 4.78 is 6.10. The number of halogens is 1. The van der Waals surface area contributed by atoms with E-state index in [1.54, 1.807) is 18.2 Å². The van der Waals surface area contributed by atoms with Crippen molar-refractivity contribution in [2.75, 3.05) is 12.4 Å². The summed E-state index contributed by atoms with van der Waals surface area (Å²) in [6.07, 6.45) is 4.12. The minimum absolute atomic E-state index is 0.0532. The number of nitrogens with zero attached hydrogens (tertiary/aromatic N) is 2. The number of ether oxygens (including phenoxy) is 1. The van der Waals surface area contributed by atoms with Gasteiger partial charge in [-0.2, -0.15) is 17.0 Å². The van der Waals surface area contributed by atoms with Gasteiger partial charge in [0.1, 0.15) is 22.9 Å². The highest BCUT2D eigenvalue weighted by molar-refractivity contribution is 9.10. The van der Waals surface area contributed by atoms with E-state index >= 15 is 0 Å². The Labute approximate surface area is 233 Å². The van der Waals surface area contributed by atoms with Crippen molar-refractivity contribution in [3.63, 3.8) is 0 Å². The van der Waals surface area contributed by atoms with Crippen LogP contribution in [0.15, 0.2) is 58.7 Å². The lowest BCUT2D eigenvalue weighted by atomic mass is 10.0. The van der Waals surface area contributed by atoms with Crippen LogP contribution in [0.1, 0.15) is 43.0 Å². The fourth-order valence-corrected chi connectivity index (χ4v) is 6.35. The second-order valence-electron chi connectivity index (χ2n) is 9.04. The molecule has 1 aromatic heterocycles. The molecule has 4 atom stereocenters. The van der Waals surface area contributed by atoms with E-state index in [1.807, 2.05) is 48.2 Å². The first-order valence-corrected chi connectivity index (χ1v) is 14.2. The number of nitriles is 1. The maximum absolute atomic E-state index is 12.9. The number of aromatic nitrogens is 1. The first kappa shape index (κ1) is 27.7. The third-order valence-corrected chi connectivity index (χ3v) is 8.32. The van der Waals surface area contributed by atoms with E-state index in [-0.39, 0.29) is 42.7 Å². The van der Waals surface area contributed by atoms with Gasteiger partial charge in [-0.05, 0) is 52.5 Å². The smallest absolute Gasteiger partial charge is 0.315 e. The molecule has 0 bridgehead atoms. The predicted octanol–water partition coefficient (Wildman–Crippen LogP) is 3.88. The number of thioether (sulfide) groups is 1. The Morgan fingerprint density at radius 1 is 1.21 bits per heavy atom. The van der Waals surface area contributed by atoms with Crippen LogP contribution in [0.2, 0.25) is 0 Å². The van der Waals surface area contributed by atoms with Gasteiger partial charge in [-0.25, -0.2) is 9.78 Å². The number of amides is 3. The summed E-state index contributed by atoms with van der Waals surface area (Å²) in [6.45, 7) is -0.0532. The third kappa shape index (κ3) is 7.58. The van der Waals surface area contributed by atoms with E-state index in [1.165, 1.54) is 6.08 Å². The van der Waals surface area contributed by atoms with Crippen LogP contribution in [0.4, 0.5) is 4.79 Å². The zero-order valence-electron chi connectivity index (χ0n) is 20.6. The van der Waals surface area contributed by atoms with Crippen molar-refractivity contribution in [1.29, 1.82) is 5.26 Å². The number of esters is 1. The summed E-state index contributed by atoms with van der Waals surface area (Å²) in [5, 5.41) is 18.6. The molecule has 11 heteroatoms. The molecule has 9 nitrogen and oxygen atoms in total. The van der Waals surface area contributed by atoms with Crippen LogP contribution < -0.4 is 16.0 Å². The van der Waals surface area contributed by atoms with Crippen molar-refractivity contribution in [2.24, 2.45) is 0 Å². The number of nitrogens with one attached hydrogen (secondary N) is 3. The first-order chi connectivity index (χ1) is 18.4. The van der Waals surface area contributed by atoms with Crippen molar-refractivity contribution >= 4 is 51.7 Å². The minimum Gasteiger partial charge on any atom is -0.463 e. The van der Waals surface area contributed by atoms with E-state index in [0.29, 0.717) is 22.0 Å². The van der Waals surface area contributed by atoms with Crippen LogP contribution in [0, 0.1) is 11.3 Å². The Kier molecular flexibility index (Phi) is 9.79. The Morgan fingerprint density at radius 2 is 2.03 bits per heavy atom. The summed E-state index contributed by atoms with van der Waals surface area (Å²) in [5.41, 5.74) is 1.11. The molecule has 2 unspecified atom stereocenters. The lowest BCUT2D eigenvalue weighted by Gasteiger charge is -2.19. The molecule has 38 heavy (non-hydrogen) atoms. The molecule has 2 aliphatic heterocycles. The fraction of sp³-hybridized carbons (Fsp3) is 0.370. The Balaban J connectivity index is 1.28. The number of hydrogen-bond donors (Lipinski definition) is 3. The maximum Gasteiger partial charge on any atom is 0.315 e. The van der Waals surface area contributed by atoms with Crippen molar-refractivity contribution in [3.8, 4) is 6.07 Å². The zero-order valence-corrected chi connectivity index (χ0v) is 23.0. The van der Waals surface area contributed by atoms with Crippen molar-refractivity contribution < 1.29 is 19.1 Å². The minimum atomic E-state index is -0.620. The average molecular weight is 599 g/mol. The Bertz CT molecular complexity index is 1240. The summed E-state index contributed by atoms with van der Waals surface area (Å²) in [4.78, 5) is 41.1. The molecule has 2 saturated heterocycles. The molecule has 4 rings (SSSR count). The Hall–Kier alpha value is -3.36. The van der Waals surface area contributed by atoms with Gasteiger partial charge < -0.3 is 20.7 Å². The molecule has 1 aromatic carbocycles. The van der Waals surface area contributed by atoms with E-state index in [2.05, 4.69) is 36.9 Å². The van der Waals surface area contributed by atoms with Gasteiger partial charge in [0.15, 0.2) is 0 Å². The summed E-state index contributed by atoms with van der Waals surface area (Å²) in [5.74, 6) is -0.0208. The summed E-state index contributed by atoms with van der Waals surface area (Å²) in [7, 11) is 0. The normalized spacial score (nSPS) is 21.0. The lowest BCUT2D eigenvalue weighted by molar-refractivity contribution is -0.145. The molecule has 0 spiro atoms. The fourth-order valence-electron chi connectivity index (χ4n) is 4.45. The molecule has 0 radical (unpaired) electrons. The number of unbranched alkanes of at least 4 members (excludes halogenated alkanes) is 1. The Morgan fingerprint density at radius 3 is 2.79 bits per heavy atom. The number of hydrogen-bond acceptors (Lipinski definition) is 7. The number of fused-ring (bicyclic) bond motifs is 1. The molecule has 2 aliphatic rings. The SMILES string of the molecule is N#C/C(=C\c1cccc(Br)n1)C(=O)N[C@@H](COC(=O)CCCC[C@H]1SCC2NC(=O)NC21)c1ccccc1. The number of carbonyl (C=O) groups excluding carboxylic acids is 3. The molecular formula is C27H28BrN5O4S. The van der Waals surface area contributed by atoms with E-state index < -0.39 is 11.9 Å². The summed E-state index contributed by atoms with van der Waals surface area (Å²) in [6, 6.07) is 15.9. The molecule has 0 saturated carbocycles. The molecule has 3 amide bonds. The van der Waals surface area contributed by atoms with Crippen LogP contribution in [-0.4, -0.2) is 52.6 Å². The standard InChI is InChI=1S/C27H28BrN5O4S/c28-23-11-6-9-19(30-23)13-18(14-29)26(35)31-20(17-7-2-1-3-8-17)15-37-24(34)12-5-4-10-22-25-21(16-38-22)32-27(36)33-25/h1-3,6-9,11,13,20-22,25H,4-5,10,12,15-16H2,(H,31,35)(H2,32,33,36)/b18-13+/t20-,21?,22+,25?/m0/s1. The van der Waals surface area contributed by atoms with Gasteiger partial charge in [0.25, 0.3) is 5.91 Å². The monoisotopic (exact) mass is 597 g/mol. The van der Waals surface area contributed by atoms with Crippen LogP contribution in [0.25, 0.3) is 6.08 Å². The molecule has 198 valence electrons. The van der Waals surface area contributed by atoms with Gasteiger partial charge in [0, 0.05) is 17.4 Å².